The molecule has 1 saturated carbocycles. The van der Waals surface area contributed by atoms with Gasteiger partial charge in [-0.05, 0) is 82.6 Å². The van der Waals surface area contributed by atoms with E-state index in [2.05, 4.69) is 40.3 Å². The molecule has 1 aliphatic carbocycles. The van der Waals surface area contributed by atoms with Crippen molar-refractivity contribution in [3.63, 3.8) is 0 Å². The van der Waals surface area contributed by atoms with E-state index in [-0.39, 0.29) is 12.1 Å². The van der Waals surface area contributed by atoms with Crippen molar-refractivity contribution < 1.29 is 9.53 Å². The minimum Gasteiger partial charge on any atom is -0.444 e. The highest BCUT2D eigenvalue weighted by Gasteiger charge is 2.38. The fourth-order valence-electron chi connectivity index (χ4n) is 4.40. The summed E-state index contributed by atoms with van der Waals surface area (Å²) in [7, 11) is 0. The molecule has 2 heterocycles. The van der Waals surface area contributed by atoms with E-state index >= 15 is 0 Å². The Hall–Kier alpha value is -2.30. The number of nitrogens with zero attached hydrogens (tertiary/aromatic N) is 2. The number of amides is 1. The topological polar surface area (TPSA) is 54.5 Å². The Morgan fingerprint density at radius 3 is 2.68 bits per heavy atom. The predicted molar refractivity (Wildman–Crippen MR) is 113 cm³/mol. The zero-order valence-corrected chi connectivity index (χ0v) is 17.4. The lowest BCUT2D eigenvalue weighted by Crippen LogP contribution is -2.52. The molecule has 2 atom stereocenters. The number of anilines is 1. The van der Waals surface area contributed by atoms with Gasteiger partial charge in [-0.25, -0.2) is 4.79 Å². The number of aromatic nitrogens is 1. The number of benzene rings is 1. The van der Waals surface area contributed by atoms with Gasteiger partial charge in [0.1, 0.15) is 5.60 Å². The van der Waals surface area contributed by atoms with Gasteiger partial charge in [-0.15, -0.1) is 0 Å². The number of hydrogen-bond donors (Lipinski definition) is 1. The molecule has 1 aromatic heterocycles. The van der Waals surface area contributed by atoms with Crippen LogP contribution in [0.1, 0.15) is 45.6 Å². The largest absolute Gasteiger partial charge is 0.444 e. The molecule has 1 aliphatic heterocycles. The predicted octanol–water partition coefficient (Wildman–Crippen LogP) is 4.67. The van der Waals surface area contributed by atoms with Gasteiger partial charge in [-0.3, -0.25) is 4.98 Å². The van der Waals surface area contributed by atoms with Gasteiger partial charge in [0, 0.05) is 30.4 Å². The molecule has 1 saturated heterocycles. The highest BCUT2D eigenvalue weighted by atomic mass is 16.6. The Kier molecular flexibility index (Phi) is 4.94. The molecule has 5 nitrogen and oxygen atoms in total. The third-order valence-corrected chi connectivity index (χ3v) is 5.78. The summed E-state index contributed by atoms with van der Waals surface area (Å²) in [6.45, 7) is 9.66. The number of alkyl carbamates (subject to hydrolysis) is 1. The van der Waals surface area contributed by atoms with E-state index in [1.807, 2.05) is 33.0 Å². The Morgan fingerprint density at radius 1 is 1.18 bits per heavy atom. The maximum absolute atomic E-state index is 12.4. The first-order valence-corrected chi connectivity index (χ1v) is 10.4. The first-order chi connectivity index (χ1) is 13.3. The van der Waals surface area contributed by atoms with Crippen LogP contribution in [0.4, 0.5) is 10.5 Å². The van der Waals surface area contributed by atoms with Crippen LogP contribution in [0.25, 0.3) is 10.9 Å². The molecule has 0 spiro atoms. The van der Waals surface area contributed by atoms with Crippen LogP contribution in [0, 0.1) is 18.8 Å². The van der Waals surface area contributed by atoms with Crippen LogP contribution in [0.15, 0.2) is 30.5 Å². The third kappa shape index (κ3) is 4.23. The summed E-state index contributed by atoms with van der Waals surface area (Å²) >= 11 is 0. The molecule has 5 heteroatoms. The van der Waals surface area contributed by atoms with Crippen molar-refractivity contribution in [2.45, 2.75) is 58.6 Å². The lowest BCUT2D eigenvalue weighted by atomic mass is 9.89. The van der Waals surface area contributed by atoms with E-state index in [0.29, 0.717) is 5.92 Å². The van der Waals surface area contributed by atoms with Gasteiger partial charge in [0.05, 0.1) is 11.6 Å². The van der Waals surface area contributed by atoms with Gasteiger partial charge in [-0.2, -0.15) is 0 Å². The minimum absolute atomic E-state index is 0.0993. The van der Waals surface area contributed by atoms with E-state index in [1.165, 1.54) is 29.5 Å². The molecule has 4 rings (SSSR count). The summed E-state index contributed by atoms with van der Waals surface area (Å²) in [5.41, 5.74) is 2.99. The molecular weight excluding hydrogens is 350 g/mol. The average Bonchev–Trinajstić information content (AvgIpc) is 3.45. The van der Waals surface area contributed by atoms with Crippen LogP contribution in [0.5, 0.6) is 0 Å². The highest BCUT2D eigenvalue weighted by molar-refractivity contribution is 5.93. The number of hydrogen-bond acceptors (Lipinski definition) is 4. The molecule has 2 fully saturated rings. The number of pyridine rings is 1. The van der Waals surface area contributed by atoms with E-state index in [0.717, 1.165) is 30.9 Å². The number of aryl methyl sites for hydroxylation is 1. The molecule has 0 radical (unpaired) electrons. The Bertz CT molecular complexity index is 870. The Balaban J connectivity index is 1.58. The number of nitrogens with one attached hydrogen (secondary N) is 1. The first kappa shape index (κ1) is 19.0. The summed E-state index contributed by atoms with van der Waals surface area (Å²) in [6, 6.07) is 8.62. The molecule has 150 valence electrons. The van der Waals surface area contributed by atoms with Gasteiger partial charge < -0.3 is 15.0 Å². The van der Waals surface area contributed by atoms with E-state index in [9.17, 15) is 4.79 Å². The van der Waals surface area contributed by atoms with Gasteiger partial charge >= 0.3 is 6.09 Å². The van der Waals surface area contributed by atoms with Crippen molar-refractivity contribution >= 4 is 22.7 Å². The zero-order valence-electron chi connectivity index (χ0n) is 17.4. The van der Waals surface area contributed by atoms with Crippen molar-refractivity contribution in [3.8, 4) is 0 Å². The Labute approximate surface area is 167 Å². The molecular formula is C23H31N3O2. The summed E-state index contributed by atoms with van der Waals surface area (Å²) in [5, 5.41) is 4.32. The number of carbonyl (C=O) groups is 1. The van der Waals surface area contributed by atoms with Crippen molar-refractivity contribution in [1.82, 2.24) is 10.3 Å². The number of piperidine rings is 1. The van der Waals surface area contributed by atoms with E-state index in [1.54, 1.807) is 0 Å². The van der Waals surface area contributed by atoms with Crippen LogP contribution >= 0.6 is 0 Å². The summed E-state index contributed by atoms with van der Waals surface area (Å²) < 4.78 is 5.50. The van der Waals surface area contributed by atoms with E-state index in [4.69, 9.17) is 4.74 Å². The van der Waals surface area contributed by atoms with Crippen molar-refractivity contribution in [3.05, 3.63) is 36.0 Å². The Morgan fingerprint density at radius 2 is 1.96 bits per heavy atom. The second kappa shape index (κ2) is 7.26. The highest BCUT2D eigenvalue weighted by Crippen LogP contribution is 2.42. The quantitative estimate of drug-likeness (QED) is 0.839. The molecule has 1 N–H and O–H groups in total. The number of fused-ring (bicyclic) bond motifs is 1. The normalized spacial score (nSPS) is 22.9. The van der Waals surface area contributed by atoms with Crippen LogP contribution in [0.3, 0.4) is 0 Å². The van der Waals surface area contributed by atoms with Crippen LogP contribution in [-0.2, 0) is 4.74 Å². The summed E-state index contributed by atoms with van der Waals surface area (Å²) in [4.78, 5) is 19.4. The fraction of sp³-hybridized carbons (Fsp3) is 0.565. The number of ether oxygens (including phenoxy) is 1. The third-order valence-electron chi connectivity index (χ3n) is 5.78. The van der Waals surface area contributed by atoms with Crippen LogP contribution < -0.4 is 10.2 Å². The van der Waals surface area contributed by atoms with Gasteiger partial charge in [0.15, 0.2) is 0 Å². The van der Waals surface area contributed by atoms with Gasteiger partial charge in [0.2, 0.25) is 0 Å². The molecule has 2 unspecified atom stereocenters. The van der Waals surface area contributed by atoms with Gasteiger partial charge in [-0.1, -0.05) is 6.07 Å². The second-order valence-corrected chi connectivity index (χ2v) is 9.38. The molecule has 0 bridgehead atoms. The zero-order chi connectivity index (χ0) is 19.9. The second-order valence-electron chi connectivity index (χ2n) is 9.38. The molecule has 2 aliphatic rings. The van der Waals surface area contributed by atoms with Crippen LogP contribution in [0.2, 0.25) is 0 Å². The molecule has 2 aromatic rings. The molecule has 1 amide bonds. The standard InChI is InChI=1S/C23H31N3O2/c1-15-7-10-20(19-6-5-11-24-21(15)19)26-13-17(16-8-9-16)12-18(14-26)25-22(27)28-23(2,3)4/h5-7,10-11,16-18H,8-9,12-14H2,1-4H3,(H,25,27). The minimum atomic E-state index is -0.479. The maximum atomic E-state index is 12.4. The smallest absolute Gasteiger partial charge is 0.407 e. The monoisotopic (exact) mass is 381 g/mol. The van der Waals surface area contributed by atoms with E-state index < -0.39 is 5.60 Å². The van der Waals surface area contributed by atoms with Gasteiger partial charge in [0.25, 0.3) is 0 Å². The number of rotatable bonds is 3. The fourth-order valence-corrected chi connectivity index (χ4v) is 4.40. The SMILES string of the molecule is Cc1ccc(N2CC(NC(=O)OC(C)(C)C)CC(C3CC3)C2)c2cccnc12. The average molecular weight is 382 g/mol. The lowest BCUT2D eigenvalue weighted by Gasteiger charge is -2.40. The van der Waals surface area contributed by atoms with Crippen molar-refractivity contribution in [1.29, 1.82) is 0 Å². The lowest BCUT2D eigenvalue weighted by molar-refractivity contribution is 0.0492. The molecule has 28 heavy (non-hydrogen) atoms. The van der Waals surface area contributed by atoms with Crippen molar-refractivity contribution in [2.24, 2.45) is 11.8 Å². The number of carbonyl (C=O) groups excluding carboxylic acids is 1. The molecule has 1 aromatic carbocycles. The van der Waals surface area contributed by atoms with Crippen molar-refractivity contribution in [2.75, 3.05) is 18.0 Å². The first-order valence-electron chi connectivity index (χ1n) is 10.4. The summed E-state index contributed by atoms with van der Waals surface area (Å²) in [6.07, 6.45) is 5.20. The maximum Gasteiger partial charge on any atom is 0.407 e. The summed E-state index contributed by atoms with van der Waals surface area (Å²) in [5.74, 6) is 1.40. The van der Waals surface area contributed by atoms with Crippen LogP contribution in [-0.4, -0.2) is 35.8 Å².